The Kier molecular flexibility index (Phi) is 4.23. The van der Waals surface area contributed by atoms with Crippen LogP contribution in [0.5, 0.6) is 0 Å². The first-order valence-electron chi connectivity index (χ1n) is 6.17. The van der Waals surface area contributed by atoms with E-state index in [9.17, 15) is 23.7 Å². The highest BCUT2D eigenvalue weighted by Crippen LogP contribution is 2.29. The molecule has 1 saturated heterocycles. The summed E-state index contributed by atoms with van der Waals surface area (Å²) in [6.07, 6.45) is 2.31. The van der Waals surface area contributed by atoms with Gasteiger partial charge in [0.05, 0.1) is 11.0 Å². The minimum Gasteiger partial charge on any atom is -0.316 e. The zero-order valence-corrected chi connectivity index (χ0v) is 10.5. The molecule has 8 heteroatoms. The first kappa shape index (κ1) is 14.3. The van der Waals surface area contributed by atoms with Gasteiger partial charge in [0.2, 0.25) is 5.91 Å². The molecule has 0 unspecified atom stereocenters. The summed E-state index contributed by atoms with van der Waals surface area (Å²) in [6.45, 7) is 0.645. The summed E-state index contributed by atoms with van der Waals surface area (Å²) >= 11 is 0. The maximum absolute atomic E-state index is 13.6. The molecule has 0 spiro atoms. The third kappa shape index (κ3) is 2.90. The standard InChI is InChI=1S/C12H13F2N3O3/c13-7-4-5-9(17(19)20)11(10(7)14)16-12(18)8-3-1-2-6-15-8/h4-5,8,15H,1-3,6H2,(H,16,18)/t8-/m0/s1. The van der Waals surface area contributed by atoms with Crippen LogP contribution in [0.1, 0.15) is 19.3 Å². The van der Waals surface area contributed by atoms with Crippen molar-refractivity contribution in [1.82, 2.24) is 5.32 Å². The average Bonchev–Trinajstić information content (AvgIpc) is 2.44. The number of amides is 1. The number of nitro benzene ring substituents is 1. The van der Waals surface area contributed by atoms with Crippen molar-refractivity contribution in [2.45, 2.75) is 25.3 Å². The summed E-state index contributed by atoms with van der Waals surface area (Å²) in [7, 11) is 0. The molecule has 20 heavy (non-hydrogen) atoms. The van der Waals surface area contributed by atoms with Gasteiger partial charge in [0.25, 0.3) is 5.69 Å². The van der Waals surface area contributed by atoms with E-state index in [1.54, 1.807) is 0 Å². The SMILES string of the molecule is O=C(Nc1c([N+](=O)[O-])ccc(F)c1F)[C@@H]1CCCCN1. The molecule has 1 aliphatic rings. The Balaban J connectivity index is 2.25. The van der Waals surface area contributed by atoms with Crippen LogP contribution in [0.25, 0.3) is 0 Å². The fourth-order valence-corrected chi connectivity index (χ4v) is 2.10. The molecule has 0 aromatic heterocycles. The van der Waals surface area contributed by atoms with Crippen molar-refractivity contribution in [2.75, 3.05) is 11.9 Å². The van der Waals surface area contributed by atoms with Gasteiger partial charge < -0.3 is 10.6 Å². The molecule has 1 heterocycles. The highest BCUT2D eigenvalue weighted by Gasteiger charge is 2.27. The smallest absolute Gasteiger partial charge is 0.296 e. The second-order valence-electron chi connectivity index (χ2n) is 4.50. The molecule has 1 aromatic carbocycles. The number of hydrogen-bond acceptors (Lipinski definition) is 4. The van der Waals surface area contributed by atoms with E-state index in [1.807, 2.05) is 0 Å². The first-order valence-corrected chi connectivity index (χ1v) is 6.17. The molecule has 108 valence electrons. The van der Waals surface area contributed by atoms with Gasteiger partial charge in [-0.3, -0.25) is 14.9 Å². The van der Waals surface area contributed by atoms with Crippen molar-refractivity contribution in [2.24, 2.45) is 0 Å². The molecule has 1 atom stereocenters. The molecule has 1 aliphatic heterocycles. The second kappa shape index (κ2) is 5.91. The van der Waals surface area contributed by atoms with Gasteiger partial charge in [-0.15, -0.1) is 0 Å². The molecule has 0 radical (unpaired) electrons. The lowest BCUT2D eigenvalue weighted by atomic mass is 10.0. The Morgan fingerprint density at radius 1 is 1.40 bits per heavy atom. The number of piperidine rings is 1. The fourth-order valence-electron chi connectivity index (χ4n) is 2.10. The van der Waals surface area contributed by atoms with E-state index in [2.05, 4.69) is 10.6 Å². The fraction of sp³-hybridized carbons (Fsp3) is 0.417. The summed E-state index contributed by atoms with van der Waals surface area (Å²) in [4.78, 5) is 21.8. The van der Waals surface area contributed by atoms with Crippen molar-refractivity contribution in [3.05, 3.63) is 33.9 Å². The third-order valence-electron chi connectivity index (χ3n) is 3.14. The van der Waals surface area contributed by atoms with Gasteiger partial charge >= 0.3 is 0 Å². The number of nitrogens with one attached hydrogen (secondary N) is 2. The predicted octanol–water partition coefficient (Wildman–Crippen LogP) is 1.95. The highest BCUT2D eigenvalue weighted by atomic mass is 19.2. The third-order valence-corrected chi connectivity index (χ3v) is 3.14. The second-order valence-corrected chi connectivity index (χ2v) is 4.50. The molecule has 2 rings (SSSR count). The Bertz CT molecular complexity index is 545. The van der Waals surface area contributed by atoms with Gasteiger partial charge in [0.1, 0.15) is 0 Å². The molecule has 2 N–H and O–H groups in total. The summed E-state index contributed by atoms with van der Waals surface area (Å²) in [6, 6.07) is 0.927. The number of anilines is 1. The Labute approximate surface area is 113 Å². The van der Waals surface area contributed by atoms with Crippen molar-refractivity contribution < 1.29 is 18.5 Å². The highest BCUT2D eigenvalue weighted by molar-refractivity contribution is 5.96. The van der Waals surface area contributed by atoms with Crippen LogP contribution < -0.4 is 10.6 Å². The monoisotopic (exact) mass is 285 g/mol. The lowest BCUT2D eigenvalue weighted by molar-refractivity contribution is -0.384. The van der Waals surface area contributed by atoms with Crippen LogP contribution in [-0.2, 0) is 4.79 Å². The molecular weight excluding hydrogens is 272 g/mol. The number of hydrogen-bond donors (Lipinski definition) is 2. The van der Waals surface area contributed by atoms with Crippen molar-refractivity contribution in [3.63, 3.8) is 0 Å². The van der Waals surface area contributed by atoms with Gasteiger partial charge in [0, 0.05) is 6.07 Å². The van der Waals surface area contributed by atoms with E-state index in [0.717, 1.165) is 18.9 Å². The van der Waals surface area contributed by atoms with Crippen LogP contribution in [0.3, 0.4) is 0 Å². The van der Waals surface area contributed by atoms with Crippen LogP contribution in [-0.4, -0.2) is 23.4 Å². The quantitative estimate of drug-likeness (QED) is 0.656. The number of carbonyl (C=O) groups excluding carboxylic acids is 1. The number of rotatable bonds is 3. The van der Waals surface area contributed by atoms with Crippen molar-refractivity contribution >= 4 is 17.3 Å². The number of nitro groups is 1. The Morgan fingerprint density at radius 2 is 2.15 bits per heavy atom. The lowest BCUT2D eigenvalue weighted by Crippen LogP contribution is -2.43. The van der Waals surface area contributed by atoms with Crippen LogP contribution in [0.4, 0.5) is 20.2 Å². The van der Waals surface area contributed by atoms with E-state index in [4.69, 9.17) is 0 Å². The topological polar surface area (TPSA) is 84.3 Å². The molecule has 0 aliphatic carbocycles. The van der Waals surface area contributed by atoms with Crippen LogP contribution in [0, 0.1) is 21.7 Å². The van der Waals surface area contributed by atoms with Gasteiger partial charge in [-0.25, -0.2) is 8.78 Å². The molecule has 6 nitrogen and oxygen atoms in total. The molecule has 0 saturated carbocycles. The molecule has 1 fully saturated rings. The molecule has 0 bridgehead atoms. The average molecular weight is 285 g/mol. The summed E-state index contributed by atoms with van der Waals surface area (Å²) in [5.74, 6) is -3.27. The molecule has 1 aromatic rings. The predicted molar refractivity (Wildman–Crippen MR) is 67.3 cm³/mol. The maximum atomic E-state index is 13.6. The van der Waals surface area contributed by atoms with Gasteiger partial charge in [-0.1, -0.05) is 6.42 Å². The first-order chi connectivity index (χ1) is 9.50. The Hall–Kier alpha value is -2.09. The molecular formula is C12H13F2N3O3. The van der Waals surface area contributed by atoms with E-state index in [1.165, 1.54) is 0 Å². The van der Waals surface area contributed by atoms with E-state index in [-0.39, 0.29) is 0 Å². The number of halogens is 2. The van der Waals surface area contributed by atoms with Crippen LogP contribution in [0.2, 0.25) is 0 Å². The number of benzene rings is 1. The van der Waals surface area contributed by atoms with Gasteiger partial charge in [0.15, 0.2) is 17.3 Å². The van der Waals surface area contributed by atoms with E-state index < -0.39 is 39.9 Å². The molecule has 1 amide bonds. The zero-order valence-electron chi connectivity index (χ0n) is 10.5. The summed E-state index contributed by atoms with van der Waals surface area (Å²) in [5, 5.41) is 15.8. The van der Waals surface area contributed by atoms with E-state index >= 15 is 0 Å². The normalized spacial score (nSPS) is 18.6. The van der Waals surface area contributed by atoms with Crippen LogP contribution >= 0.6 is 0 Å². The van der Waals surface area contributed by atoms with Crippen LogP contribution in [0.15, 0.2) is 12.1 Å². The number of carbonyl (C=O) groups is 1. The Morgan fingerprint density at radius 3 is 2.75 bits per heavy atom. The van der Waals surface area contributed by atoms with E-state index in [0.29, 0.717) is 19.0 Å². The summed E-state index contributed by atoms with van der Waals surface area (Å²) < 4.78 is 26.8. The van der Waals surface area contributed by atoms with Crippen molar-refractivity contribution in [3.8, 4) is 0 Å². The van der Waals surface area contributed by atoms with Gasteiger partial charge in [-0.2, -0.15) is 0 Å². The minimum atomic E-state index is -1.43. The van der Waals surface area contributed by atoms with Crippen molar-refractivity contribution in [1.29, 1.82) is 0 Å². The zero-order chi connectivity index (χ0) is 14.7. The lowest BCUT2D eigenvalue weighted by Gasteiger charge is -2.22. The number of nitrogens with zero attached hydrogens (tertiary/aromatic N) is 1. The minimum absolute atomic E-state index is 0.550. The largest absolute Gasteiger partial charge is 0.316 e. The van der Waals surface area contributed by atoms with Gasteiger partial charge in [-0.05, 0) is 25.5 Å². The summed E-state index contributed by atoms with van der Waals surface area (Å²) in [5.41, 5.74) is -1.40. The maximum Gasteiger partial charge on any atom is 0.296 e.